The molecule has 5 heteroatoms. The number of nitrogens with zero attached hydrogens (tertiary/aromatic N) is 2. The minimum atomic E-state index is -0.297. The maximum absolute atomic E-state index is 13.4. The Morgan fingerprint density at radius 3 is 2.93 bits per heavy atom. The number of alkyl halides is 1. The van der Waals surface area contributed by atoms with Gasteiger partial charge in [0.1, 0.15) is 0 Å². The lowest BCUT2D eigenvalue weighted by Crippen LogP contribution is -2.30. The first-order valence-corrected chi connectivity index (χ1v) is 5.82. The van der Waals surface area contributed by atoms with Crippen LogP contribution >= 0.6 is 15.9 Å². The van der Waals surface area contributed by atoms with Crippen LogP contribution in [0.15, 0.2) is 18.3 Å². The topological polar surface area (TPSA) is 25.4 Å². The quantitative estimate of drug-likeness (QED) is 0.744. The lowest BCUT2D eigenvalue weighted by Gasteiger charge is -2.22. The summed E-state index contributed by atoms with van der Waals surface area (Å²) >= 11 is 3.33. The molecule has 0 saturated heterocycles. The van der Waals surface area contributed by atoms with Gasteiger partial charge >= 0.3 is 0 Å². The first kappa shape index (κ1) is 12.4. The number of halogens is 2. The van der Waals surface area contributed by atoms with Crippen LogP contribution in [0, 0.1) is 5.82 Å². The second-order valence-corrected chi connectivity index (χ2v) is 3.77. The van der Waals surface area contributed by atoms with E-state index in [1.54, 1.807) is 19.4 Å². The van der Waals surface area contributed by atoms with Crippen LogP contribution < -0.4 is 4.90 Å². The zero-order chi connectivity index (χ0) is 11.1. The van der Waals surface area contributed by atoms with Crippen molar-refractivity contribution in [1.82, 2.24) is 4.98 Å². The van der Waals surface area contributed by atoms with Gasteiger partial charge < -0.3 is 9.64 Å². The first-order chi connectivity index (χ1) is 7.29. The highest BCUT2D eigenvalue weighted by molar-refractivity contribution is 9.09. The lowest BCUT2D eigenvalue weighted by molar-refractivity contribution is 0.205. The predicted molar refractivity (Wildman–Crippen MR) is 62.1 cm³/mol. The van der Waals surface area contributed by atoms with Gasteiger partial charge in [-0.2, -0.15) is 0 Å². The van der Waals surface area contributed by atoms with E-state index in [0.29, 0.717) is 25.5 Å². The average molecular weight is 277 g/mol. The van der Waals surface area contributed by atoms with E-state index in [-0.39, 0.29) is 5.82 Å². The molecule has 1 heterocycles. The molecule has 1 aromatic heterocycles. The number of methoxy groups -OCH3 is 1. The molecular formula is C10H14BrFN2O. The molecule has 0 N–H and O–H groups in total. The third-order valence-corrected chi connectivity index (χ3v) is 2.31. The highest BCUT2D eigenvalue weighted by Crippen LogP contribution is 2.14. The summed E-state index contributed by atoms with van der Waals surface area (Å²) in [7, 11) is 1.63. The summed E-state index contributed by atoms with van der Waals surface area (Å²) < 4.78 is 18.4. The molecule has 0 aromatic carbocycles. The SMILES string of the molecule is COCCN(CCBr)c1ncccc1F. The molecule has 0 atom stereocenters. The van der Waals surface area contributed by atoms with Crippen LogP contribution in [0.4, 0.5) is 10.2 Å². The van der Waals surface area contributed by atoms with E-state index in [0.717, 1.165) is 5.33 Å². The van der Waals surface area contributed by atoms with Gasteiger partial charge in [-0.1, -0.05) is 15.9 Å². The Kier molecular flexibility index (Phi) is 5.57. The Bertz CT molecular complexity index is 299. The number of aromatic nitrogens is 1. The van der Waals surface area contributed by atoms with E-state index in [4.69, 9.17) is 4.74 Å². The van der Waals surface area contributed by atoms with Gasteiger partial charge in [-0.25, -0.2) is 9.37 Å². The van der Waals surface area contributed by atoms with Crippen molar-refractivity contribution in [2.75, 3.05) is 37.0 Å². The van der Waals surface area contributed by atoms with Gasteiger partial charge in [0.2, 0.25) is 0 Å². The minimum Gasteiger partial charge on any atom is -0.383 e. The third kappa shape index (κ3) is 3.76. The van der Waals surface area contributed by atoms with Crippen LogP contribution in [0.5, 0.6) is 0 Å². The molecule has 0 spiro atoms. The van der Waals surface area contributed by atoms with Crippen molar-refractivity contribution in [2.24, 2.45) is 0 Å². The summed E-state index contributed by atoms with van der Waals surface area (Å²) in [6.45, 7) is 1.90. The van der Waals surface area contributed by atoms with Crippen LogP contribution in [0.3, 0.4) is 0 Å². The number of rotatable bonds is 6. The monoisotopic (exact) mass is 276 g/mol. The second kappa shape index (κ2) is 6.74. The van der Waals surface area contributed by atoms with Crippen molar-refractivity contribution < 1.29 is 9.13 Å². The maximum atomic E-state index is 13.4. The van der Waals surface area contributed by atoms with Gasteiger partial charge in [0.05, 0.1) is 6.61 Å². The van der Waals surface area contributed by atoms with Crippen molar-refractivity contribution in [1.29, 1.82) is 0 Å². The molecule has 0 amide bonds. The van der Waals surface area contributed by atoms with Crippen molar-refractivity contribution >= 4 is 21.7 Å². The van der Waals surface area contributed by atoms with Gasteiger partial charge in [-0.15, -0.1) is 0 Å². The normalized spacial score (nSPS) is 10.3. The predicted octanol–water partition coefficient (Wildman–Crippen LogP) is 2.07. The summed E-state index contributed by atoms with van der Waals surface area (Å²) in [5.74, 6) is 0.0866. The van der Waals surface area contributed by atoms with E-state index in [9.17, 15) is 4.39 Å². The standard InChI is InChI=1S/C10H14BrFN2O/c1-15-8-7-14(6-4-11)10-9(12)3-2-5-13-10/h2-3,5H,4,6-8H2,1H3. The number of anilines is 1. The zero-order valence-corrected chi connectivity index (χ0v) is 10.2. The van der Waals surface area contributed by atoms with Crippen LogP contribution in [0.1, 0.15) is 0 Å². The van der Waals surface area contributed by atoms with E-state index in [2.05, 4.69) is 20.9 Å². The fourth-order valence-corrected chi connectivity index (χ4v) is 1.67. The first-order valence-electron chi connectivity index (χ1n) is 4.70. The molecule has 1 aromatic rings. The van der Waals surface area contributed by atoms with Gasteiger partial charge in [-0.3, -0.25) is 0 Å². The smallest absolute Gasteiger partial charge is 0.165 e. The van der Waals surface area contributed by atoms with Crippen LogP contribution in [0.25, 0.3) is 0 Å². The number of hydrogen-bond acceptors (Lipinski definition) is 3. The molecule has 0 aliphatic heterocycles. The number of hydrogen-bond donors (Lipinski definition) is 0. The molecular weight excluding hydrogens is 263 g/mol. The largest absolute Gasteiger partial charge is 0.383 e. The number of ether oxygens (including phenoxy) is 1. The molecule has 84 valence electrons. The van der Waals surface area contributed by atoms with Crippen LogP contribution in [-0.4, -0.2) is 37.1 Å². The molecule has 0 radical (unpaired) electrons. The van der Waals surface area contributed by atoms with Gasteiger partial charge in [0.15, 0.2) is 11.6 Å². The summed E-state index contributed by atoms with van der Waals surface area (Å²) in [5, 5.41) is 0.771. The highest BCUT2D eigenvalue weighted by atomic mass is 79.9. The van der Waals surface area contributed by atoms with Crippen LogP contribution in [-0.2, 0) is 4.74 Å². The van der Waals surface area contributed by atoms with E-state index in [1.165, 1.54) is 6.07 Å². The Labute approximate surface area is 97.4 Å². The molecule has 3 nitrogen and oxygen atoms in total. The average Bonchev–Trinajstić information content (AvgIpc) is 2.25. The summed E-state index contributed by atoms with van der Waals surface area (Å²) in [6.07, 6.45) is 1.59. The van der Waals surface area contributed by atoms with Gasteiger partial charge in [0.25, 0.3) is 0 Å². The van der Waals surface area contributed by atoms with Crippen LogP contribution in [0.2, 0.25) is 0 Å². The lowest BCUT2D eigenvalue weighted by atomic mass is 10.4. The van der Waals surface area contributed by atoms with Gasteiger partial charge in [0, 0.05) is 31.7 Å². The summed E-state index contributed by atoms with van der Waals surface area (Å²) in [6, 6.07) is 3.00. The fourth-order valence-electron chi connectivity index (χ4n) is 1.24. The van der Waals surface area contributed by atoms with E-state index < -0.39 is 0 Å². The van der Waals surface area contributed by atoms with E-state index in [1.807, 2.05) is 4.90 Å². The molecule has 0 bridgehead atoms. The molecule has 0 saturated carbocycles. The Morgan fingerprint density at radius 2 is 2.33 bits per heavy atom. The Balaban J connectivity index is 2.74. The molecule has 0 fully saturated rings. The Morgan fingerprint density at radius 1 is 1.53 bits per heavy atom. The van der Waals surface area contributed by atoms with Crippen molar-refractivity contribution in [3.63, 3.8) is 0 Å². The third-order valence-electron chi connectivity index (χ3n) is 1.96. The highest BCUT2D eigenvalue weighted by Gasteiger charge is 2.11. The van der Waals surface area contributed by atoms with E-state index >= 15 is 0 Å². The molecule has 15 heavy (non-hydrogen) atoms. The zero-order valence-electron chi connectivity index (χ0n) is 8.62. The minimum absolute atomic E-state index is 0.297. The molecule has 1 rings (SSSR count). The molecule has 0 aliphatic carbocycles. The molecule has 0 unspecified atom stereocenters. The second-order valence-electron chi connectivity index (χ2n) is 2.98. The summed E-state index contributed by atoms with van der Waals surface area (Å²) in [4.78, 5) is 5.88. The number of pyridine rings is 1. The van der Waals surface area contributed by atoms with Crippen molar-refractivity contribution in [3.05, 3.63) is 24.1 Å². The van der Waals surface area contributed by atoms with Gasteiger partial charge in [-0.05, 0) is 12.1 Å². The van der Waals surface area contributed by atoms with Crippen molar-refractivity contribution in [2.45, 2.75) is 0 Å². The summed E-state index contributed by atoms with van der Waals surface area (Å²) in [5.41, 5.74) is 0. The maximum Gasteiger partial charge on any atom is 0.165 e. The fraction of sp³-hybridized carbons (Fsp3) is 0.500. The van der Waals surface area contributed by atoms with Crippen molar-refractivity contribution in [3.8, 4) is 0 Å². The molecule has 0 aliphatic rings. The Hall–Kier alpha value is -0.680.